The van der Waals surface area contributed by atoms with Crippen LogP contribution < -0.4 is 0 Å². The number of aliphatic imine (C=N–C) groups is 1. The van der Waals surface area contributed by atoms with Crippen LogP contribution in [0.4, 0.5) is 0 Å². The first-order chi connectivity index (χ1) is 11.7. The van der Waals surface area contributed by atoms with Crippen molar-refractivity contribution in [1.29, 1.82) is 0 Å². The molecule has 1 aliphatic carbocycles. The smallest absolute Gasteiger partial charge is 0.302 e. The molecule has 2 aromatic rings. The minimum atomic E-state index is -0.417. The minimum absolute atomic E-state index is 0.417. The number of benzene rings is 2. The fourth-order valence-corrected chi connectivity index (χ4v) is 3.37. The summed E-state index contributed by atoms with van der Waals surface area (Å²) in [5.41, 5.74) is 5.07. The number of nitrogens with zero attached hydrogens (tertiary/aromatic N) is 1. The van der Waals surface area contributed by atoms with Crippen LogP contribution >= 0.6 is 0 Å². The van der Waals surface area contributed by atoms with Crippen LogP contribution in [0.15, 0.2) is 71.2 Å². The highest BCUT2D eigenvalue weighted by Crippen LogP contribution is 2.38. The highest BCUT2D eigenvalue weighted by atomic mass is 16.7. The lowest BCUT2D eigenvalue weighted by molar-refractivity contribution is -0.0449. The lowest BCUT2D eigenvalue weighted by Crippen LogP contribution is -2.45. The average Bonchev–Trinajstić information content (AvgIpc) is 2.62. The van der Waals surface area contributed by atoms with E-state index in [1.165, 1.54) is 11.1 Å². The van der Waals surface area contributed by atoms with Crippen molar-refractivity contribution >= 4 is 5.71 Å². The maximum Gasteiger partial charge on any atom is 0.302 e. The van der Waals surface area contributed by atoms with E-state index in [-0.39, 0.29) is 0 Å². The Morgan fingerprint density at radius 3 is 2.67 bits per heavy atom. The van der Waals surface area contributed by atoms with Gasteiger partial charge < -0.3 is 9.47 Å². The van der Waals surface area contributed by atoms with Gasteiger partial charge in [0.15, 0.2) is 5.60 Å². The van der Waals surface area contributed by atoms with Gasteiger partial charge in [-0.3, -0.25) is 0 Å². The minimum Gasteiger partial charge on any atom is -0.459 e. The molecule has 0 spiro atoms. The fraction of sp³-hybridized carbons (Fsp3) is 0.286. The van der Waals surface area contributed by atoms with Crippen molar-refractivity contribution in [2.45, 2.75) is 38.9 Å². The van der Waals surface area contributed by atoms with Crippen LogP contribution in [0, 0.1) is 0 Å². The lowest BCUT2D eigenvalue weighted by Gasteiger charge is -2.39. The van der Waals surface area contributed by atoms with E-state index >= 15 is 0 Å². The van der Waals surface area contributed by atoms with Crippen LogP contribution in [0.5, 0.6) is 0 Å². The zero-order valence-electron chi connectivity index (χ0n) is 14.1. The summed E-state index contributed by atoms with van der Waals surface area (Å²) in [6, 6.07) is 18.6. The van der Waals surface area contributed by atoms with Gasteiger partial charge in [-0.2, -0.15) is 0 Å². The summed E-state index contributed by atoms with van der Waals surface area (Å²) >= 11 is 0. The van der Waals surface area contributed by atoms with Gasteiger partial charge in [0, 0.05) is 5.56 Å². The molecule has 0 unspecified atom stereocenters. The summed E-state index contributed by atoms with van der Waals surface area (Å²) < 4.78 is 12.2. The van der Waals surface area contributed by atoms with Crippen LogP contribution in [0.2, 0.25) is 0 Å². The topological polar surface area (TPSA) is 30.8 Å². The summed E-state index contributed by atoms with van der Waals surface area (Å²) in [6.07, 6.45) is 1.91. The van der Waals surface area contributed by atoms with Gasteiger partial charge in [0.25, 0.3) is 0 Å². The molecule has 0 radical (unpaired) electrons. The Morgan fingerprint density at radius 1 is 1.08 bits per heavy atom. The van der Waals surface area contributed by atoms with Crippen LogP contribution in [-0.4, -0.2) is 11.3 Å². The predicted molar refractivity (Wildman–Crippen MR) is 94.7 cm³/mol. The Hall–Kier alpha value is -2.55. The van der Waals surface area contributed by atoms with Gasteiger partial charge in [0.2, 0.25) is 0 Å². The summed E-state index contributed by atoms with van der Waals surface area (Å²) in [6.45, 7) is 4.55. The van der Waals surface area contributed by atoms with Crippen molar-refractivity contribution in [3.8, 4) is 0 Å². The van der Waals surface area contributed by atoms with Crippen LogP contribution in [-0.2, 0) is 22.5 Å². The van der Waals surface area contributed by atoms with Gasteiger partial charge in [0.05, 0.1) is 5.71 Å². The van der Waals surface area contributed by atoms with Gasteiger partial charge in [-0.15, -0.1) is 0 Å². The molecule has 2 aliphatic rings. The Morgan fingerprint density at radius 2 is 1.83 bits per heavy atom. The van der Waals surface area contributed by atoms with E-state index in [4.69, 9.17) is 14.5 Å². The maximum absolute atomic E-state index is 6.30. The van der Waals surface area contributed by atoms with Gasteiger partial charge in [0.1, 0.15) is 12.3 Å². The van der Waals surface area contributed by atoms with Gasteiger partial charge >= 0.3 is 5.95 Å². The highest BCUT2D eigenvalue weighted by molar-refractivity contribution is 6.09. The normalized spacial score (nSPS) is 22.2. The van der Waals surface area contributed by atoms with E-state index < -0.39 is 5.60 Å². The van der Waals surface area contributed by atoms with Crippen LogP contribution in [0.3, 0.4) is 0 Å². The molecule has 24 heavy (non-hydrogen) atoms. The molecule has 0 amide bonds. The SMILES string of the molecule is CC1=C(OCc2ccccc2)O[C@]2(C)CCc3ccccc3C2=N1. The van der Waals surface area contributed by atoms with Crippen molar-refractivity contribution in [3.05, 3.63) is 82.9 Å². The molecule has 1 heterocycles. The molecule has 3 nitrogen and oxygen atoms in total. The Bertz CT molecular complexity index is 823. The Labute approximate surface area is 142 Å². The number of rotatable bonds is 3. The second-order valence-corrected chi connectivity index (χ2v) is 6.60. The Balaban J connectivity index is 1.64. The molecule has 1 aliphatic heterocycles. The molecule has 4 rings (SSSR count). The standard InChI is InChI=1S/C21H21NO2/c1-15-20(23-14-16-8-4-3-5-9-16)24-21(2)13-12-17-10-6-7-11-18(17)19(21)22-15/h3-11H,12-14H2,1-2H3/t21-/m1/s1. The second-order valence-electron chi connectivity index (χ2n) is 6.60. The van der Waals surface area contributed by atoms with Gasteiger partial charge in [-0.1, -0.05) is 54.6 Å². The Kier molecular flexibility index (Phi) is 3.64. The largest absolute Gasteiger partial charge is 0.459 e. The van der Waals surface area contributed by atoms with Gasteiger partial charge in [-0.05, 0) is 37.8 Å². The monoisotopic (exact) mass is 319 g/mol. The number of allylic oxidation sites excluding steroid dienone is 1. The molecule has 0 N–H and O–H groups in total. The molecule has 0 aromatic heterocycles. The third-order valence-corrected chi connectivity index (χ3v) is 4.75. The number of fused-ring (bicyclic) bond motifs is 3. The van der Waals surface area contributed by atoms with Crippen LogP contribution in [0.25, 0.3) is 0 Å². The number of hydrogen-bond acceptors (Lipinski definition) is 3. The van der Waals surface area contributed by atoms with E-state index in [0.29, 0.717) is 12.6 Å². The van der Waals surface area contributed by atoms with Crippen molar-refractivity contribution in [2.24, 2.45) is 4.99 Å². The molecule has 0 fully saturated rings. The zero-order valence-corrected chi connectivity index (χ0v) is 14.1. The molecule has 2 aromatic carbocycles. The maximum atomic E-state index is 6.30. The zero-order chi connectivity index (χ0) is 16.6. The first-order valence-corrected chi connectivity index (χ1v) is 8.40. The molecule has 1 atom stereocenters. The number of ether oxygens (including phenoxy) is 2. The third kappa shape index (κ3) is 2.60. The number of aryl methyl sites for hydroxylation is 1. The van der Waals surface area contributed by atoms with E-state index in [1.54, 1.807) is 0 Å². The predicted octanol–water partition coefficient (Wildman–Crippen LogP) is 4.62. The summed E-state index contributed by atoms with van der Waals surface area (Å²) in [4.78, 5) is 4.86. The van der Waals surface area contributed by atoms with E-state index in [1.807, 2.05) is 37.3 Å². The van der Waals surface area contributed by atoms with Gasteiger partial charge in [-0.25, -0.2) is 4.99 Å². The second kappa shape index (κ2) is 5.82. The average molecular weight is 319 g/mol. The van der Waals surface area contributed by atoms with Crippen molar-refractivity contribution in [1.82, 2.24) is 0 Å². The molecule has 0 saturated carbocycles. The first kappa shape index (κ1) is 15.0. The summed E-state index contributed by atoms with van der Waals surface area (Å²) in [5.74, 6) is 0.546. The molecule has 122 valence electrons. The summed E-state index contributed by atoms with van der Waals surface area (Å²) in [7, 11) is 0. The molecule has 0 bridgehead atoms. The third-order valence-electron chi connectivity index (χ3n) is 4.75. The molecule has 0 saturated heterocycles. The first-order valence-electron chi connectivity index (χ1n) is 8.40. The van der Waals surface area contributed by atoms with Crippen LogP contribution in [0.1, 0.15) is 37.0 Å². The number of hydrogen-bond donors (Lipinski definition) is 0. The fourth-order valence-electron chi connectivity index (χ4n) is 3.37. The van der Waals surface area contributed by atoms with E-state index in [9.17, 15) is 0 Å². The summed E-state index contributed by atoms with van der Waals surface area (Å²) in [5, 5.41) is 0. The molecular formula is C21H21NO2. The van der Waals surface area contributed by atoms with E-state index in [0.717, 1.165) is 29.8 Å². The molecule has 3 heteroatoms. The quantitative estimate of drug-likeness (QED) is 0.826. The lowest BCUT2D eigenvalue weighted by atomic mass is 9.79. The van der Waals surface area contributed by atoms with Crippen molar-refractivity contribution in [3.63, 3.8) is 0 Å². The molecular weight excluding hydrogens is 298 g/mol. The van der Waals surface area contributed by atoms with Crippen molar-refractivity contribution in [2.75, 3.05) is 0 Å². The van der Waals surface area contributed by atoms with Crippen molar-refractivity contribution < 1.29 is 9.47 Å². The highest BCUT2D eigenvalue weighted by Gasteiger charge is 2.42. The van der Waals surface area contributed by atoms with E-state index in [2.05, 4.69) is 31.2 Å².